The van der Waals surface area contributed by atoms with Gasteiger partial charge in [0.15, 0.2) is 0 Å². The highest BCUT2D eigenvalue weighted by molar-refractivity contribution is 7.36. The molecule has 0 aromatic heterocycles. The van der Waals surface area contributed by atoms with Crippen LogP contribution in [0.5, 0.6) is 0 Å². The van der Waals surface area contributed by atoms with Crippen LogP contribution in [0.4, 0.5) is 0 Å². The summed E-state index contributed by atoms with van der Waals surface area (Å²) in [6.07, 6.45) is 7.09. The Kier molecular flexibility index (Phi) is 2.78. The van der Waals surface area contributed by atoms with Crippen LogP contribution in [0.25, 0.3) is 0 Å². The van der Waals surface area contributed by atoms with Gasteiger partial charge in [0, 0.05) is 0 Å². The fourth-order valence-electron chi connectivity index (χ4n) is 1.27. The van der Waals surface area contributed by atoms with Gasteiger partial charge in [-0.2, -0.15) is 0 Å². The molecule has 1 aliphatic rings. The van der Waals surface area contributed by atoms with Gasteiger partial charge in [-0.25, -0.2) is 0 Å². The van der Waals surface area contributed by atoms with Crippen molar-refractivity contribution < 1.29 is 0 Å². The molecule has 1 atom stereocenters. The Morgan fingerprint density at radius 3 is 2.12 bits per heavy atom. The van der Waals surface area contributed by atoms with Crippen molar-refractivity contribution in [1.29, 1.82) is 0 Å². The van der Waals surface area contributed by atoms with E-state index < -0.39 is 0 Å². The summed E-state index contributed by atoms with van der Waals surface area (Å²) in [7, 11) is 0.707. The lowest BCUT2D eigenvalue weighted by Gasteiger charge is -2.18. The Labute approximate surface area is 52.9 Å². The molecule has 0 saturated heterocycles. The summed E-state index contributed by atoms with van der Waals surface area (Å²) in [4.78, 5) is 0. The quantitative estimate of drug-likeness (QED) is 0.540. The first-order valence-electron chi connectivity index (χ1n) is 3.39. The van der Waals surface area contributed by atoms with E-state index in [1.165, 1.54) is 32.1 Å². The van der Waals surface area contributed by atoms with E-state index in [1.54, 1.807) is 0 Å². The Morgan fingerprint density at radius 1 is 1.12 bits per heavy atom. The van der Waals surface area contributed by atoms with Crippen LogP contribution in [0.3, 0.4) is 0 Å². The van der Waals surface area contributed by atoms with Crippen molar-refractivity contribution in [3.63, 3.8) is 0 Å². The van der Waals surface area contributed by atoms with Crippen LogP contribution in [-0.4, -0.2) is 5.66 Å². The van der Waals surface area contributed by atoms with Crippen molar-refractivity contribution in [2.45, 2.75) is 37.8 Å². The standard InChI is InChI=1S/C6H14NP/c7-8-6-4-2-1-3-5-6/h6,8H,1-5,7H2. The summed E-state index contributed by atoms with van der Waals surface area (Å²) < 4.78 is 0. The van der Waals surface area contributed by atoms with Gasteiger partial charge in [-0.15, -0.1) is 0 Å². The Hall–Kier alpha value is 0.390. The van der Waals surface area contributed by atoms with Crippen LogP contribution >= 0.6 is 8.73 Å². The van der Waals surface area contributed by atoms with Gasteiger partial charge in [-0.1, -0.05) is 28.0 Å². The summed E-state index contributed by atoms with van der Waals surface area (Å²) in [5.41, 5.74) is 6.42. The van der Waals surface area contributed by atoms with E-state index >= 15 is 0 Å². The monoisotopic (exact) mass is 131 g/mol. The fraction of sp³-hybridized carbons (Fsp3) is 1.00. The van der Waals surface area contributed by atoms with Gasteiger partial charge in [0.25, 0.3) is 0 Å². The minimum atomic E-state index is 0.707. The van der Waals surface area contributed by atoms with Gasteiger partial charge < -0.3 is 5.50 Å². The molecule has 0 bridgehead atoms. The van der Waals surface area contributed by atoms with Crippen LogP contribution in [0.15, 0.2) is 0 Å². The minimum absolute atomic E-state index is 0.707. The SMILES string of the molecule is NPC1CCCCC1. The normalized spacial score (nSPS) is 25.1. The summed E-state index contributed by atoms with van der Waals surface area (Å²) in [6.45, 7) is 0. The second-order valence-corrected chi connectivity index (χ2v) is 3.65. The van der Waals surface area contributed by atoms with E-state index in [2.05, 4.69) is 0 Å². The van der Waals surface area contributed by atoms with Gasteiger partial charge in [0.1, 0.15) is 0 Å². The highest BCUT2D eigenvalue weighted by Crippen LogP contribution is 2.27. The average Bonchev–Trinajstić information content (AvgIpc) is 1.90. The zero-order valence-corrected chi connectivity index (χ0v) is 6.19. The lowest BCUT2D eigenvalue weighted by molar-refractivity contribution is 0.513. The van der Waals surface area contributed by atoms with Gasteiger partial charge in [0.2, 0.25) is 0 Å². The Bertz CT molecular complexity index is 59.5. The van der Waals surface area contributed by atoms with Crippen LogP contribution in [0.2, 0.25) is 0 Å². The molecule has 48 valence electrons. The van der Waals surface area contributed by atoms with Crippen molar-refractivity contribution in [2.24, 2.45) is 5.50 Å². The predicted molar refractivity (Wildman–Crippen MR) is 39.4 cm³/mol. The van der Waals surface area contributed by atoms with E-state index in [-0.39, 0.29) is 0 Å². The largest absolute Gasteiger partial charge is 0.312 e. The second-order valence-electron chi connectivity index (χ2n) is 2.50. The zero-order valence-electron chi connectivity index (χ0n) is 5.19. The molecule has 0 heterocycles. The molecule has 1 unspecified atom stereocenters. The second kappa shape index (κ2) is 3.42. The maximum Gasteiger partial charge on any atom is -0.0108 e. The van der Waals surface area contributed by atoms with Gasteiger partial charge in [0.05, 0.1) is 0 Å². The van der Waals surface area contributed by atoms with Crippen LogP contribution < -0.4 is 5.50 Å². The number of hydrogen-bond donors (Lipinski definition) is 1. The lowest BCUT2D eigenvalue weighted by atomic mass is 10.0. The zero-order chi connectivity index (χ0) is 5.82. The summed E-state index contributed by atoms with van der Waals surface area (Å²) in [6, 6.07) is 0. The molecule has 1 saturated carbocycles. The fourth-order valence-corrected chi connectivity index (χ4v) is 2.01. The number of rotatable bonds is 1. The molecular weight excluding hydrogens is 117 g/mol. The van der Waals surface area contributed by atoms with Gasteiger partial charge in [-0.05, 0) is 18.5 Å². The molecule has 8 heavy (non-hydrogen) atoms. The maximum atomic E-state index is 5.53. The summed E-state index contributed by atoms with van der Waals surface area (Å²) >= 11 is 0. The van der Waals surface area contributed by atoms with Crippen molar-refractivity contribution in [3.8, 4) is 0 Å². The molecule has 2 N–H and O–H groups in total. The maximum absolute atomic E-state index is 5.53. The van der Waals surface area contributed by atoms with Crippen molar-refractivity contribution >= 4 is 8.73 Å². The number of nitrogens with two attached hydrogens (primary N) is 1. The van der Waals surface area contributed by atoms with Gasteiger partial charge >= 0.3 is 0 Å². The van der Waals surface area contributed by atoms with E-state index in [4.69, 9.17) is 5.50 Å². The van der Waals surface area contributed by atoms with E-state index in [9.17, 15) is 0 Å². The highest BCUT2D eigenvalue weighted by Gasteiger charge is 2.10. The molecule has 2 heteroatoms. The van der Waals surface area contributed by atoms with Crippen molar-refractivity contribution in [2.75, 3.05) is 0 Å². The molecule has 1 rings (SSSR count). The topological polar surface area (TPSA) is 26.0 Å². The van der Waals surface area contributed by atoms with Crippen LogP contribution in [0, 0.1) is 0 Å². The molecule has 0 aliphatic heterocycles. The molecule has 0 aromatic carbocycles. The number of hydrogen-bond acceptors (Lipinski definition) is 1. The molecule has 1 aliphatic carbocycles. The summed E-state index contributed by atoms with van der Waals surface area (Å²) in [5.74, 6) is 0. The highest BCUT2D eigenvalue weighted by atomic mass is 31.1. The minimum Gasteiger partial charge on any atom is -0.312 e. The van der Waals surface area contributed by atoms with Crippen molar-refractivity contribution in [3.05, 3.63) is 0 Å². The van der Waals surface area contributed by atoms with E-state index in [1.807, 2.05) is 0 Å². The molecule has 1 nitrogen and oxygen atoms in total. The average molecular weight is 131 g/mol. The molecule has 0 aromatic rings. The molecule has 1 fully saturated rings. The Morgan fingerprint density at radius 2 is 1.75 bits per heavy atom. The third-order valence-electron chi connectivity index (χ3n) is 1.84. The van der Waals surface area contributed by atoms with Crippen LogP contribution in [0.1, 0.15) is 32.1 Å². The molecule has 0 amide bonds. The van der Waals surface area contributed by atoms with Crippen molar-refractivity contribution in [1.82, 2.24) is 0 Å². The lowest BCUT2D eigenvalue weighted by Crippen LogP contribution is -2.07. The third-order valence-corrected chi connectivity index (χ3v) is 2.89. The molecule has 0 radical (unpaired) electrons. The van der Waals surface area contributed by atoms with Gasteiger partial charge in [-0.3, -0.25) is 0 Å². The first-order valence-corrected chi connectivity index (χ1v) is 4.55. The summed E-state index contributed by atoms with van der Waals surface area (Å²) in [5, 5.41) is 0. The predicted octanol–water partition coefficient (Wildman–Crippen LogP) is 1.87. The smallest absolute Gasteiger partial charge is 0.0108 e. The van der Waals surface area contributed by atoms with Crippen LogP contribution in [-0.2, 0) is 0 Å². The first kappa shape index (κ1) is 6.51. The van der Waals surface area contributed by atoms with E-state index in [0.717, 1.165) is 5.66 Å². The molecule has 0 spiro atoms. The third kappa shape index (κ3) is 1.72. The molecular formula is C6H14NP. The first-order chi connectivity index (χ1) is 3.93. The Balaban J connectivity index is 2.13. The van der Waals surface area contributed by atoms with E-state index in [0.29, 0.717) is 8.73 Å².